The first kappa shape index (κ1) is 13.3. The van der Waals surface area contributed by atoms with Crippen molar-refractivity contribution in [3.05, 3.63) is 33.3 Å². The predicted molar refractivity (Wildman–Crippen MR) is 76.6 cm³/mol. The van der Waals surface area contributed by atoms with Crippen LogP contribution in [0.25, 0.3) is 0 Å². The summed E-state index contributed by atoms with van der Waals surface area (Å²) in [6.45, 7) is 2.18. The molecule has 2 nitrogen and oxygen atoms in total. The Balaban J connectivity index is 2.32. The van der Waals surface area contributed by atoms with Crippen LogP contribution in [0.15, 0.2) is 22.7 Å². The fourth-order valence-electron chi connectivity index (χ4n) is 2.73. The van der Waals surface area contributed by atoms with Crippen LogP contribution in [0, 0.1) is 5.92 Å². The zero-order valence-corrected chi connectivity index (χ0v) is 12.6. The highest BCUT2D eigenvalue weighted by molar-refractivity contribution is 9.10. The molecule has 0 amide bonds. The molecule has 1 saturated heterocycles. The topological polar surface area (TPSA) is 15.3 Å². The molecule has 1 aromatic carbocycles. The molecule has 2 atom stereocenters. The molecule has 1 N–H and O–H groups in total. The Hall–Kier alpha value is -0.0900. The molecule has 1 aromatic rings. The van der Waals surface area contributed by atoms with Gasteiger partial charge in [-0.25, -0.2) is 0 Å². The van der Waals surface area contributed by atoms with E-state index in [1.54, 1.807) is 0 Å². The summed E-state index contributed by atoms with van der Waals surface area (Å²) in [6.07, 6.45) is 1.23. The molecule has 94 valence electrons. The van der Waals surface area contributed by atoms with Crippen molar-refractivity contribution in [3.8, 4) is 0 Å². The summed E-state index contributed by atoms with van der Waals surface area (Å²) in [5.74, 6) is 0.636. The van der Waals surface area contributed by atoms with Crippen molar-refractivity contribution in [3.63, 3.8) is 0 Å². The summed E-state index contributed by atoms with van der Waals surface area (Å²) < 4.78 is 1.10. The average Bonchev–Trinajstić information content (AvgIpc) is 2.64. The minimum atomic E-state index is 0.424. The second-order valence-electron chi connectivity index (χ2n) is 4.70. The van der Waals surface area contributed by atoms with E-state index in [-0.39, 0.29) is 0 Å². The molecule has 0 spiro atoms. The van der Waals surface area contributed by atoms with Crippen LogP contribution >= 0.6 is 27.5 Å². The summed E-state index contributed by atoms with van der Waals surface area (Å²) in [6, 6.07) is 6.54. The lowest BCUT2D eigenvalue weighted by atomic mass is 9.93. The Morgan fingerprint density at radius 3 is 3.00 bits per heavy atom. The van der Waals surface area contributed by atoms with Gasteiger partial charge in [0.1, 0.15) is 0 Å². The maximum atomic E-state index is 6.34. The van der Waals surface area contributed by atoms with Crippen LogP contribution in [-0.2, 0) is 0 Å². The summed E-state index contributed by atoms with van der Waals surface area (Å²) in [4.78, 5) is 2.40. The van der Waals surface area contributed by atoms with E-state index in [0.717, 1.165) is 22.6 Å². The number of nitrogens with zero attached hydrogens (tertiary/aromatic N) is 1. The third-order valence-electron chi connectivity index (χ3n) is 3.52. The highest BCUT2D eigenvalue weighted by Crippen LogP contribution is 2.39. The Kier molecular flexibility index (Phi) is 4.47. The molecule has 1 aliphatic rings. The molecule has 17 heavy (non-hydrogen) atoms. The SMILES string of the molecule is CNCC1CCN(C)C1c1cc(Br)ccc1Cl. The van der Waals surface area contributed by atoms with E-state index in [9.17, 15) is 0 Å². The van der Waals surface area contributed by atoms with Gasteiger partial charge in [0, 0.05) is 15.5 Å². The van der Waals surface area contributed by atoms with Gasteiger partial charge < -0.3 is 5.32 Å². The molecule has 4 heteroatoms. The first-order valence-electron chi connectivity index (χ1n) is 5.93. The van der Waals surface area contributed by atoms with Gasteiger partial charge >= 0.3 is 0 Å². The monoisotopic (exact) mass is 316 g/mol. The summed E-state index contributed by atoms with van der Waals surface area (Å²) in [5.41, 5.74) is 1.24. The van der Waals surface area contributed by atoms with Crippen molar-refractivity contribution >= 4 is 27.5 Å². The molecule has 0 aliphatic carbocycles. The molecule has 0 saturated carbocycles. The summed E-state index contributed by atoms with van der Waals surface area (Å²) in [7, 11) is 4.19. The van der Waals surface area contributed by atoms with Gasteiger partial charge in [0.25, 0.3) is 0 Å². The van der Waals surface area contributed by atoms with Crippen LogP contribution in [0.5, 0.6) is 0 Å². The number of nitrogens with one attached hydrogen (secondary N) is 1. The number of hydrogen-bond donors (Lipinski definition) is 1. The predicted octanol–water partition coefficient (Wildman–Crippen LogP) is 3.31. The van der Waals surface area contributed by atoms with E-state index in [1.807, 2.05) is 19.2 Å². The van der Waals surface area contributed by atoms with Gasteiger partial charge in [-0.05, 0) is 63.3 Å². The van der Waals surface area contributed by atoms with Gasteiger partial charge in [-0.3, -0.25) is 4.90 Å². The van der Waals surface area contributed by atoms with Crippen molar-refractivity contribution in [1.29, 1.82) is 0 Å². The third kappa shape index (κ3) is 2.84. The zero-order valence-electron chi connectivity index (χ0n) is 10.2. The lowest BCUT2D eigenvalue weighted by molar-refractivity contribution is 0.274. The van der Waals surface area contributed by atoms with Gasteiger partial charge in [0.2, 0.25) is 0 Å². The Labute approximate surface area is 116 Å². The van der Waals surface area contributed by atoms with Crippen LogP contribution in [-0.4, -0.2) is 32.1 Å². The quantitative estimate of drug-likeness (QED) is 0.920. The fraction of sp³-hybridized carbons (Fsp3) is 0.538. The van der Waals surface area contributed by atoms with Crippen molar-refractivity contribution in [1.82, 2.24) is 10.2 Å². The number of likely N-dealkylation sites (tertiary alicyclic amines) is 1. The van der Waals surface area contributed by atoms with Gasteiger partial charge in [-0.15, -0.1) is 0 Å². The van der Waals surface area contributed by atoms with Crippen molar-refractivity contribution < 1.29 is 0 Å². The van der Waals surface area contributed by atoms with Crippen LogP contribution in [0.2, 0.25) is 5.02 Å². The van der Waals surface area contributed by atoms with Crippen LogP contribution < -0.4 is 5.32 Å². The molecule has 2 rings (SSSR count). The average molecular weight is 318 g/mol. The second kappa shape index (κ2) is 5.70. The Morgan fingerprint density at radius 1 is 1.53 bits per heavy atom. The number of rotatable bonds is 3. The van der Waals surface area contributed by atoms with Crippen molar-refractivity contribution in [2.45, 2.75) is 12.5 Å². The van der Waals surface area contributed by atoms with Crippen LogP contribution in [0.3, 0.4) is 0 Å². The third-order valence-corrected chi connectivity index (χ3v) is 4.35. The highest BCUT2D eigenvalue weighted by atomic mass is 79.9. The van der Waals surface area contributed by atoms with Crippen molar-refractivity contribution in [2.75, 3.05) is 27.2 Å². The molecule has 1 aliphatic heterocycles. The lowest BCUT2D eigenvalue weighted by Gasteiger charge is -2.26. The van der Waals surface area contributed by atoms with E-state index in [1.165, 1.54) is 12.0 Å². The lowest BCUT2D eigenvalue weighted by Crippen LogP contribution is -2.27. The minimum absolute atomic E-state index is 0.424. The summed E-state index contributed by atoms with van der Waals surface area (Å²) in [5, 5.41) is 4.15. The summed E-state index contributed by atoms with van der Waals surface area (Å²) >= 11 is 9.87. The first-order valence-corrected chi connectivity index (χ1v) is 7.10. The standard InChI is InChI=1S/C13H18BrClN2/c1-16-8-9-5-6-17(2)13(9)11-7-10(14)3-4-12(11)15/h3-4,7,9,13,16H,5-6,8H2,1-2H3. The number of hydrogen-bond acceptors (Lipinski definition) is 2. The normalized spacial score (nSPS) is 25.4. The van der Waals surface area contributed by atoms with Gasteiger partial charge in [0.15, 0.2) is 0 Å². The molecule has 1 heterocycles. The smallest absolute Gasteiger partial charge is 0.0454 e. The fourth-order valence-corrected chi connectivity index (χ4v) is 3.34. The second-order valence-corrected chi connectivity index (χ2v) is 6.02. The largest absolute Gasteiger partial charge is 0.319 e. The van der Waals surface area contributed by atoms with E-state index in [2.05, 4.69) is 39.3 Å². The van der Waals surface area contributed by atoms with Crippen molar-refractivity contribution in [2.24, 2.45) is 5.92 Å². The maximum Gasteiger partial charge on any atom is 0.0454 e. The number of halogens is 2. The minimum Gasteiger partial charge on any atom is -0.319 e. The molecule has 1 fully saturated rings. The molecule has 0 radical (unpaired) electrons. The van der Waals surface area contributed by atoms with E-state index in [4.69, 9.17) is 11.6 Å². The van der Waals surface area contributed by atoms with Gasteiger partial charge in [-0.1, -0.05) is 27.5 Å². The van der Waals surface area contributed by atoms with E-state index < -0.39 is 0 Å². The van der Waals surface area contributed by atoms with E-state index >= 15 is 0 Å². The van der Waals surface area contributed by atoms with Gasteiger partial charge in [-0.2, -0.15) is 0 Å². The molecule has 0 bridgehead atoms. The Bertz CT molecular complexity index is 395. The van der Waals surface area contributed by atoms with Crippen LogP contribution in [0.4, 0.5) is 0 Å². The Morgan fingerprint density at radius 2 is 2.29 bits per heavy atom. The van der Waals surface area contributed by atoms with E-state index in [0.29, 0.717) is 12.0 Å². The molecule has 0 aromatic heterocycles. The van der Waals surface area contributed by atoms with Gasteiger partial charge in [0.05, 0.1) is 0 Å². The molecule has 2 unspecified atom stereocenters. The van der Waals surface area contributed by atoms with Crippen LogP contribution in [0.1, 0.15) is 18.0 Å². The first-order chi connectivity index (χ1) is 8.13. The molecular weight excluding hydrogens is 300 g/mol. The zero-order chi connectivity index (χ0) is 12.4. The number of benzene rings is 1. The molecular formula is C13H18BrClN2. The highest BCUT2D eigenvalue weighted by Gasteiger charge is 2.33. The maximum absolute atomic E-state index is 6.34.